The van der Waals surface area contributed by atoms with Gasteiger partial charge in [0.1, 0.15) is 12.7 Å². The highest BCUT2D eigenvalue weighted by Crippen LogP contribution is 2.30. The average Bonchev–Trinajstić information content (AvgIpc) is 2.66. The van der Waals surface area contributed by atoms with Gasteiger partial charge in [-0.05, 0) is 57.5 Å². The maximum absolute atomic E-state index is 5.96. The zero-order valence-corrected chi connectivity index (χ0v) is 15.3. The zero-order chi connectivity index (χ0) is 17.5. The molecule has 2 aliphatic rings. The van der Waals surface area contributed by atoms with Crippen LogP contribution in [-0.2, 0) is 0 Å². The fourth-order valence-corrected chi connectivity index (χ4v) is 3.34. The number of hydrogen-bond acceptors (Lipinski definition) is 4. The normalized spacial score (nSPS) is 21.8. The zero-order valence-electron chi connectivity index (χ0n) is 15.3. The second-order valence-electron chi connectivity index (χ2n) is 6.91. The third kappa shape index (κ3) is 5.26. The third-order valence-electron chi connectivity index (χ3n) is 4.97. The Morgan fingerprint density at radius 2 is 1.96 bits per heavy atom. The number of hydrogen-bond donors (Lipinski definition) is 2. The van der Waals surface area contributed by atoms with Crippen LogP contribution in [0, 0.1) is 5.92 Å². The van der Waals surface area contributed by atoms with Crippen LogP contribution >= 0.6 is 0 Å². The number of likely N-dealkylation sites (tertiary alicyclic amines) is 1. The molecular formula is C19H30N4O2. The number of fused-ring (bicyclic) bond motifs is 1. The van der Waals surface area contributed by atoms with E-state index in [0.29, 0.717) is 13.2 Å². The van der Waals surface area contributed by atoms with E-state index in [4.69, 9.17) is 9.47 Å². The number of nitrogens with zero attached hydrogens (tertiary/aromatic N) is 2. The Morgan fingerprint density at radius 3 is 2.72 bits per heavy atom. The standard InChI is InChI=1S/C19H30N4O2/c1-20-19(21-10-7-15-8-11-23(2)12-9-15)22-13-16-14-24-17-5-3-4-6-18(17)25-16/h3-6,15-16H,7-14H2,1-2H3,(H2,20,21,22). The maximum atomic E-state index is 5.96. The van der Waals surface area contributed by atoms with E-state index in [1.54, 1.807) is 7.05 Å². The van der Waals surface area contributed by atoms with Crippen LogP contribution in [0.3, 0.4) is 0 Å². The van der Waals surface area contributed by atoms with E-state index in [1.807, 2.05) is 24.3 Å². The number of benzene rings is 1. The number of rotatable bonds is 5. The SMILES string of the molecule is CN=C(NCCC1CCN(C)CC1)NCC1COc2ccccc2O1. The molecule has 0 spiro atoms. The Kier molecular flexibility index (Phi) is 6.39. The summed E-state index contributed by atoms with van der Waals surface area (Å²) in [6.45, 7) is 4.62. The topological polar surface area (TPSA) is 58.1 Å². The summed E-state index contributed by atoms with van der Waals surface area (Å²) >= 11 is 0. The Bertz CT molecular complexity index is 570. The van der Waals surface area contributed by atoms with Crippen LogP contribution in [0.4, 0.5) is 0 Å². The predicted octanol–water partition coefficient (Wildman–Crippen LogP) is 1.72. The molecule has 2 aliphatic heterocycles. The molecule has 1 aromatic rings. The van der Waals surface area contributed by atoms with Gasteiger partial charge < -0.3 is 25.0 Å². The highest BCUT2D eigenvalue weighted by atomic mass is 16.6. The first-order valence-corrected chi connectivity index (χ1v) is 9.26. The average molecular weight is 346 g/mol. The minimum atomic E-state index is -0.0117. The molecule has 6 heteroatoms. The van der Waals surface area contributed by atoms with Crippen molar-refractivity contribution in [2.45, 2.75) is 25.4 Å². The summed E-state index contributed by atoms with van der Waals surface area (Å²) in [6, 6.07) is 7.79. The minimum Gasteiger partial charge on any atom is -0.486 e. The van der Waals surface area contributed by atoms with Crippen LogP contribution < -0.4 is 20.1 Å². The molecule has 0 amide bonds. The van der Waals surface area contributed by atoms with E-state index < -0.39 is 0 Å². The summed E-state index contributed by atoms with van der Waals surface area (Å²) in [6.07, 6.45) is 3.79. The number of piperidine rings is 1. The summed E-state index contributed by atoms with van der Waals surface area (Å²) in [7, 11) is 4.01. The Morgan fingerprint density at radius 1 is 1.20 bits per heavy atom. The first-order valence-electron chi connectivity index (χ1n) is 9.26. The lowest BCUT2D eigenvalue weighted by atomic mass is 9.94. The summed E-state index contributed by atoms with van der Waals surface area (Å²) in [5.41, 5.74) is 0. The summed E-state index contributed by atoms with van der Waals surface area (Å²) < 4.78 is 11.7. The molecule has 0 saturated carbocycles. The second-order valence-corrected chi connectivity index (χ2v) is 6.91. The van der Waals surface area contributed by atoms with Gasteiger partial charge in [0.25, 0.3) is 0 Å². The number of ether oxygens (including phenoxy) is 2. The van der Waals surface area contributed by atoms with Crippen molar-refractivity contribution in [1.82, 2.24) is 15.5 Å². The molecule has 1 atom stereocenters. The van der Waals surface area contributed by atoms with Crippen molar-refractivity contribution in [3.63, 3.8) is 0 Å². The van der Waals surface area contributed by atoms with Crippen LogP contribution in [0.1, 0.15) is 19.3 Å². The van der Waals surface area contributed by atoms with Crippen LogP contribution in [0.15, 0.2) is 29.3 Å². The molecule has 1 fully saturated rings. The van der Waals surface area contributed by atoms with Crippen molar-refractivity contribution in [3.8, 4) is 11.5 Å². The van der Waals surface area contributed by atoms with Gasteiger partial charge in [-0.2, -0.15) is 0 Å². The molecule has 3 rings (SSSR count). The number of aliphatic imine (C=N–C) groups is 1. The lowest BCUT2D eigenvalue weighted by Gasteiger charge is -2.29. The fraction of sp³-hybridized carbons (Fsp3) is 0.632. The van der Waals surface area contributed by atoms with E-state index in [-0.39, 0.29) is 6.10 Å². The Hall–Kier alpha value is -1.95. The van der Waals surface area contributed by atoms with Gasteiger partial charge in [-0.25, -0.2) is 0 Å². The number of para-hydroxylation sites is 2. The smallest absolute Gasteiger partial charge is 0.191 e. The molecule has 0 aromatic heterocycles. The minimum absolute atomic E-state index is 0.0117. The Balaban J connectivity index is 1.35. The van der Waals surface area contributed by atoms with Crippen molar-refractivity contribution in [3.05, 3.63) is 24.3 Å². The van der Waals surface area contributed by atoms with Gasteiger partial charge in [0.15, 0.2) is 17.5 Å². The monoisotopic (exact) mass is 346 g/mol. The molecule has 2 heterocycles. The summed E-state index contributed by atoms with van der Waals surface area (Å²) in [5.74, 6) is 3.29. The van der Waals surface area contributed by atoms with Crippen molar-refractivity contribution in [1.29, 1.82) is 0 Å². The molecule has 0 bridgehead atoms. The van der Waals surface area contributed by atoms with Gasteiger partial charge in [-0.15, -0.1) is 0 Å². The maximum Gasteiger partial charge on any atom is 0.191 e. The largest absolute Gasteiger partial charge is 0.486 e. The van der Waals surface area contributed by atoms with Gasteiger partial charge in [-0.1, -0.05) is 12.1 Å². The quantitative estimate of drug-likeness (QED) is 0.628. The second kappa shape index (κ2) is 8.94. The molecular weight excluding hydrogens is 316 g/mol. The van der Waals surface area contributed by atoms with E-state index in [9.17, 15) is 0 Å². The van der Waals surface area contributed by atoms with E-state index in [2.05, 4.69) is 27.6 Å². The molecule has 1 unspecified atom stereocenters. The molecule has 1 saturated heterocycles. The van der Waals surface area contributed by atoms with Crippen molar-refractivity contribution >= 4 is 5.96 Å². The van der Waals surface area contributed by atoms with Crippen LogP contribution in [0.2, 0.25) is 0 Å². The van der Waals surface area contributed by atoms with Crippen molar-refractivity contribution < 1.29 is 9.47 Å². The van der Waals surface area contributed by atoms with Crippen molar-refractivity contribution in [2.75, 3.05) is 46.9 Å². The van der Waals surface area contributed by atoms with Gasteiger partial charge in [-0.3, -0.25) is 4.99 Å². The fourth-order valence-electron chi connectivity index (χ4n) is 3.34. The molecule has 2 N–H and O–H groups in total. The molecule has 1 aromatic carbocycles. The number of nitrogens with one attached hydrogen (secondary N) is 2. The molecule has 0 radical (unpaired) electrons. The molecule has 25 heavy (non-hydrogen) atoms. The Labute approximate surface area is 150 Å². The van der Waals surface area contributed by atoms with E-state index >= 15 is 0 Å². The van der Waals surface area contributed by atoms with Crippen LogP contribution in [-0.4, -0.2) is 63.8 Å². The first kappa shape index (κ1) is 17.9. The first-order chi connectivity index (χ1) is 12.2. The summed E-state index contributed by atoms with van der Waals surface area (Å²) in [5, 5.41) is 6.76. The van der Waals surface area contributed by atoms with E-state index in [1.165, 1.54) is 32.4 Å². The predicted molar refractivity (Wildman–Crippen MR) is 101 cm³/mol. The lowest BCUT2D eigenvalue weighted by molar-refractivity contribution is 0.0936. The van der Waals surface area contributed by atoms with E-state index in [0.717, 1.165) is 29.9 Å². The molecule has 138 valence electrons. The third-order valence-corrected chi connectivity index (χ3v) is 4.97. The van der Waals surface area contributed by atoms with Crippen molar-refractivity contribution in [2.24, 2.45) is 10.9 Å². The lowest BCUT2D eigenvalue weighted by Crippen LogP contribution is -2.45. The van der Waals surface area contributed by atoms with Gasteiger partial charge >= 0.3 is 0 Å². The molecule has 0 aliphatic carbocycles. The highest BCUT2D eigenvalue weighted by molar-refractivity contribution is 5.79. The van der Waals surface area contributed by atoms with Gasteiger partial charge in [0.2, 0.25) is 0 Å². The molecule has 6 nitrogen and oxygen atoms in total. The summed E-state index contributed by atoms with van der Waals surface area (Å²) in [4.78, 5) is 6.71. The highest BCUT2D eigenvalue weighted by Gasteiger charge is 2.21. The van der Waals surface area contributed by atoms with Crippen LogP contribution in [0.25, 0.3) is 0 Å². The van der Waals surface area contributed by atoms with Gasteiger partial charge in [0, 0.05) is 13.6 Å². The van der Waals surface area contributed by atoms with Gasteiger partial charge in [0.05, 0.1) is 6.54 Å². The van der Waals surface area contributed by atoms with Crippen LogP contribution in [0.5, 0.6) is 11.5 Å². The number of guanidine groups is 1.